The van der Waals surface area contributed by atoms with E-state index < -0.39 is 47.0 Å². The number of nitrogen functional groups attached to an aromatic ring is 1. The first kappa shape index (κ1) is 28.1. The number of H-pyrrole nitrogens is 2. The van der Waals surface area contributed by atoms with Crippen molar-refractivity contribution in [1.29, 1.82) is 0 Å². The molecule has 1 saturated heterocycles. The number of aromatic amines is 2. The van der Waals surface area contributed by atoms with Crippen LogP contribution in [0, 0.1) is 0 Å². The van der Waals surface area contributed by atoms with E-state index in [1.54, 1.807) is 23.0 Å². The van der Waals surface area contributed by atoms with Gasteiger partial charge in [-0.1, -0.05) is 28.1 Å². The number of carboxylic acids is 2. The number of aromatic nitrogens is 4. The molecule has 0 aromatic carbocycles. The number of thioether (sulfide) groups is 1. The quantitative estimate of drug-likeness (QED) is 0.0766. The summed E-state index contributed by atoms with van der Waals surface area (Å²) in [5.74, 6) is -4.06. The van der Waals surface area contributed by atoms with Gasteiger partial charge in [0, 0.05) is 17.4 Å². The van der Waals surface area contributed by atoms with Gasteiger partial charge < -0.3 is 36.1 Å². The summed E-state index contributed by atoms with van der Waals surface area (Å²) in [6.07, 6.45) is 1.89. The average Bonchev–Trinajstić information content (AvgIpc) is 3.45. The number of aliphatic carboxylic acids is 2. The Kier molecular flexibility index (Phi) is 7.45. The van der Waals surface area contributed by atoms with E-state index in [0.29, 0.717) is 16.6 Å². The second-order valence-electron chi connectivity index (χ2n) is 8.84. The van der Waals surface area contributed by atoms with Crippen molar-refractivity contribution in [2.24, 2.45) is 5.16 Å². The summed E-state index contributed by atoms with van der Waals surface area (Å²) in [5.41, 5.74) is 5.96. The van der Waals surface area contributed by atoms with Gasteiger partial charge >= 0.3 is 17.6 Å². The summed E-state index contributed by atoms with van der Waals surface area (Å²) >= 11 is 8.22. The first-order chi connectivity index (χ1) is 19.4. The van der Waals surface area contributed by atoms with E-state index in [1.165, 1.54) is 18.7 Å². The van der Waals surface area contributed by atoms with Crippen molar-refractivity contribution in [3.8, 4) is 0 Å². The fraction of sp³-hybridized carbons (Fsp3) is 0.273. The lowest BCUT2D eigenvalue weighted by Crippen LogP contribution is -2.71. The minimum absolute atomic E-state index is 0.00849. The van der Waals surface area contributed by atoms with Crippen LogP contribution in [0.25, 0.3) is 11.0 Å². The van der Waals surface area contributed by atoms with E-state index in [-0.39, 0.29) is 38.8 Å². The highest BCUT2D eigenvalue weighted by Gasteiger charge is 2.55. The SMILES string of the molecule is C[C@H](O/N=C(\C(=O)NC1C(=O)N2C(C(=O)O)=C(C[n+]3ccc4[nH]c(=O)[nH]c4c3)CSC12)c1nc(N)sc1Cl)C(=O)O. The maximum Gasteiger partial charge on any atom is 0.352 e. The predicted molar refractivity (Wildman–Crippen MR) is 145 cm³/mol. The second kappa shape index (κ2) is 10.9. The lowest BCUT2D eigenvalue weighted by molar-refractivity contribution is -0.687. The number of oxime groups is 1. The van der Waals surface area contributed by atoms with Gasteiger partial charge in [0.15, 0.2) is 29.8 Å². The Morgan fingerprint density at radius 3 is 2.73 bits per heavy atom. The van der Waals surface area contributed by atoms with Crippen LogP contribution in [0.15, 0.2) is 39.7 Å². The van der Waals surface area contributed by atoms with E-state index in [4.69, 9.17) is 27.3 Å². The van der Waals surface area contributed by atoms with Gasteiger partial charge in [-0.2, -0.15) is 4.57 Å². The van der Waals surface area contributed by atoms with Crippen LogP contribution < -0.4 is 21.3 Å². The smallest absolute Gasteiger partial charge is 0.352 e. The number of fused-ring (bicyclic) bond motifs is 2. The maximum absolute atomic E-state index is 13.2. The summed E-state index contributed by atoms with van der Waals surface area (Å²) in [4.78, 5) is 76.5. The molecule has 41 heavy (non-hydrogen) atoms. The number of rotatable bonds is 9. The molecule has 2 aliphatic heterocycles. The Morgan fingerprint density at radius 2 is 2.07 bits per heavy atom. The molecule has 3 aromatic rings. The van der Waals surface area contributed by atoms with Crippen LogP contribution in [-0.4, -0.2) is 82.8 Å². The van der Waals surface area contributed by atoms with Crippen LogP contribution >= 0.6 is 34.7 Å². The van der Waals surface area contributed by atoms with Crippen LogP contribution in [0.4, 0.5) is 5.13 Å². The van der Waals surface area contributed by atoms with Gasteiger partial charge in [0.25, 0.3) is 11.8 Å². The molecule has 7 N–H and O–H groups in total. The van der Waals surface area contributed by atoms with Crippen molar-refractivity contribution >= 4 is 80.3 Å². The number of halogens is 1. The molecule has 0 bridgehead atoms. The number of anilines is 1. The van der Waals surface area contributed by atoms with E-state index >= 15 is 0 Å². The average molecular weight is 624 g/mol. The Hall–Kier alpha value is -4.42. The molecule has 5 heterocycles. The Labute approximate surface area is 241 Å². The number of imidazole rings is 1. The van der Waals surface area contributed by atoms with E-state index in [9.17, 15) is 29.1 Å². The van der Waals surface area contributed by atoms with Gasteiger partial charge in [-0.05, 0) is 6.92 Å². The van der Waals surface area contributed by atoms with Crippen molar-refractivity contribution in [2.45, 2.75) is 31.0 Å². The molecule has 1 fully saturated rings. The van der Waals surface area contributed by atoms with Crippen molar-refractivity contribution < 1.29 is 38.8 Å². The second-order valence-corrected chi connectivity index (χ2v) is 11.6. The zero-order chi connectivity index (χ0) is 29.6. The van der Waals surface area contributed by atoms with Gasteiger partial charge in [-0.25, -0.2) is 19.4 Å². The van der Waals surface area contributed by atoms with E-state index in [2.05, 4.69) is 25.4 Å². The zero-order valence-electron chi connectivity index (χ0n) is 20.8. The van der Waals surface area contributed by atoms with Crippen LogP contribution in [0.5, 0.6) is 0 Å². The van der Waals surface area contributed by atoms with Crippen molar-refractivity contribution in [1.82, 2.24) is 25.2 Å². The molecule has 2 unspecified atom stereocenters. The molecular weight excluding hydrogens is 604 g/mol. The molecule has 2 aliphatic rings. The largest absolute Gasteiger partial charge is 0.478 e. The van der Waals surface area contributed by atoms with Gasteiger partial charge in [0.05, 0.1) is 5.52 Å². The highest BCUT2D eigenvalue weighted by molar-refractivity contribution is 8.00. The molecule has 0 spiro atoms. The van der Waals surface area contributed by atoms with Crippen molar-refractivity contribution in [2.75, 3.05) is 11.5 Å². The van der Waals surface area contributed by atoms with Gasteiger partial charge in [0.2, 0.25) is 6.10 Å². The standard InChI is InChI=1S/C22H19ClN8O8S2/c1-7(19(34)35)39-29-12(11-15(23)41-21(24)28-11)16(32)27-13-17(33)31-14(20(36)37)8(6-40-18(13)31)4-30-3-2-9-10(5-30)26-22(38)25-9/h2-3,5,7,13,18H,4,6H2,1H3,(H6,24,26,27,28,32,34,35,36,37,38)/p+1/b29-12-/t7-,13?,18?/m0/s1. The number of hydrogen-bond acceptors (Lipinski definition) is 11. The highest BCUT2D eigenvalue weighted by Crippen LogP contribution is 2.40. The number of carbonyl (C=O) groups is 4. The minimum atomic E-state index is -1.42. The summed E-state index contributed by atoms with van der Waals surface area (Å²) in [5, 5.41) is 24.4. The van der Waals surface area contributed by atoms with E-state index in [0.717, 1.165) is 16.2 Å². The molecule has 5 rings (SSSR count). The third-order valence-corrected chi connectivity index (χ3v) is 8.54. The first-order valence-electron chi connectivity index (χ1n) is 11.6. The fourth-order valence-corrected chi connectivity index (χ4v) is 6.45. The summed E-state index contributed by atoms with van der Waals surface area (Å²) in [6.45, 7) is 1.32. The number of nitrogens with two attached hydrogens (primary N) is 1. The Morgan fingerprint density at radius 1 is 1.34 bits per heavy atom. The number of β-lactam (4-membered cyclic amide) rings is 1. The first-order valence-corrected chi connectivity index (χ1v) is 13.9. The zero-order valence-corrected chi connectivity index (χ0v) is 23.2. The molecule has 19 heteroatoms. The molecule has 16 nitrogen and oxygen atoms in total. The van der Waals surface area contributed by atoms with Crippen LogP contribution in [-0.2, 0) is 30.6 Å². The molecule has 3 atom stereocenters. The number of nitrogens with one attached hydrogen (secondary N) is 3. The number of amides is 2. The number of carboxylic acid groups (broad SMARTS) is 2. The van der Waals surface area contributed by atoms with Crippen LogP contribution in [0.3, 0.4) is 0 Å². The molecule has 0 aliphatic carbocycles. The molecule has 3 aromatic heterocycles. The topological polar surface area (TPSA) is 237 Å². The fourth-order valence-electron chi connectivity index (χ4n) is 4.19. The maximum atomic E-state index is 13.2. The molecule has 214 valence electrons. The molecule has 2 amide bonds. The van der Waals surface area contributed by atoms with Crippen LogP contribution in [0.2, 0.25) is 4.34 Å². The Bertz CT molecular complexity index is 1730. The lowest BCUT2D eigenvalue weighted by Gasteiger charge is -2.49. The van der Waals surface area contributed by atoms with Gasteiger partial charge in [-0.15, -0.1) is 11.8 Å². The number of hydrogen-bond donors (Lipinski definition) is 6. The molecule has 0 saturated carbocycles. The van der Waals surface area contributed by atoms with Gasteiger partial charge in [-0.3, -0.25) is 14.5 Å². The third-order valence-electron chi connectivity index (χ3n) is 6.12. The molecular formula is C22H20ClN8O8S2+. The Balaban J connectivity index is 1.37. The number of carbonyl (C=O) groups excluding carboxylic acids is 2. The number of nitrogens with zero attached hydrogens (tertiary/aromatic N) is 4. The minimum Gasteiger partial charge on any atom is -0.478 e. The lowest BCUT2D eigenvalue weighted by atomic mass is 10.0. The summed E-state index contributed by atoms with van der Waals surface area (Å²) in [6, 6.07) is 0.532. The molecule has 0 radical (unpaired) electrons. The number of thiazole rings is 1. The summed E-state index contributed by atoms with van der Waals surface area (Å²) < 4.78 is 1.66. The van der Waals surface area contributed by atoms with E-state index in [1.807, 2.05) is 0 Å². The normalized spacial score (nSPS) is 19.5. The summed E-state index contributed by atoms with van der Waals surface area (Å²) in [7, 11) is 0. The number of pyridine rings is 1. The predicted octanol–water partition coefficient (Wildman–Crippen LogP) is -0.532. The van der Waals surface area contributed by atoms with Crippen molar-refractivity contribution in [3.05, 3.63) is 50.2 Å². The van der Waals surface area contributed by atoms with Crippen molar-refractivity contribution in [3.63, 3.8) is 0 Å². The highest BCUT2D eigenvalue weighted by atomic mass is 35.5. The third kappa shape index (κ3) is 5.35. The van der Waals surface area contributed by atoms with Gasteiger partial charge in [0.1, 0.15) is 32.7 Å². The monoisotopic (exact) mass is 623 g/mol. The van der Waals surface area contributed by atoms with Crippen LogP contribution in [0.1, 0.15) is 12.6 Å².